The van der Waals surface area contributed by atoms with Gasteiger partial charge in [0, 0.05) is 25.8 Å². The van der Waals surface area contributed by atoms with Gasteiger partial charge in [0.2, 0.25) is 0 Å². The summed E-state index contributed by atoms with van der Waals surface area (Å²) < 4.78 is 2.26. The first kappa shape index (κ1) is 14.5. The molecule has 2 N–H and O–H groups in total. The fourth-order valence-corrected chi connectivity index (χ4v) is 3.23. The van der Waals surface area contributed by atoms with Gasteiger partial charge in [0.15, 0.2) is 0 Å². The van der Waals surface area contributed by atoms with Crippen LogP contribution < -0.4 is 5.73 Å². The molecule has 1 aliphatic rings. The highest BCUT2D eigenvalue weighted by molar-refractivity contribution is 5.07. The van der Waals surface area contributed by atoms with Crippen LogP contribution in [-0.2, 0) is 6.54 Å². The van der Waals surface area contributed by atoms with Gasteiger partial charge in [-0.3, -0.25) is 4.90 Å². The SMILES string of the molecule is CCCn1cncc1C(CN)N1CCCC(C)(C)C1. The topological polar surface area (TPSA) is 47.1 Å². The van der Waals surface area contributed by atoms with Crippen molar-refractivity contribution >= 4 is 0 Å². The van der Waals surface area contributed by atoms with E-state index >= 15 is 0 Å². The van der Waals surface area contributed by atoms with E-state index in [0.717, 1.165) is 26.1 Å². The first-order valence-electron chi connectivity index (χ1n) is 7.51. The van der Waals surface area contributed by atoms with Gasteiger partial charge in [0.05, 0.1) is 18.1 Å². The molecule has 4 nitrogen and oxygen atoms in total. The second-order valence-electron chi connectivity index (χ2n) is 6.50. The van der Waals surface area contributed by atoms with Gasteiger partial charge in [0.1, 0.15) is 0 Å². The lowest BCUT2D eigenvalue weighted by molar-refractivity contribution is 0.0775. The third-order valence-corrected chi connectivity index (χ3v) is 4.14. The Kier molecular flexibility index (Phi) is 4.63. The molecular weight excluding hydrogens is 236 g/mol. The first-order valence-corrected chi connectivity index (χ1v) is 7.51. The molecule has 1 saturated heterocycles. The summed E-state index contributed by atoms with van der Waals surface area (Å²) in [4.78, 5) is 6.87. The minimum absolute atomic E-state index is 0.314. The van der Waals surface area contributed by atoms with E-state index in [1.54, 1.807) is 0 Å². The van der Waals surface area contributed by atoms with E-state index in [-0.39, 0.29) is 0 Å². The van der Waals surface area contributed by atoms with Crippen LogP contribution in [0.5, 0.6) is 0 Å². The number of aromatic nitrogens is 2. The molecule has 1 unspecified atom stereocenters. The van der Waals surface area contributed by atoms with E-state index in [1.165, 1.54) is 18.5 Å². The molecular formula is C15H28N4. The largest absolute Gasteiger partial charge is 0.333 e. The van der Waals surface area contributed by atoms with Gasteiger partial charge >= 0.3 is 0 Å². The standard InChI is InChI=1S/C15H28N4/c1-4-7-19-12-17-10-14(19)13(9-16)18-8-5-6-15(2,3)11-18/h10,12-13H,4-9,11,16H2,1-3H3. The highest BCUT2D eigenvalue weighted by atomic mass is 15.2. The molecule has 0 spiro atoms. The number of piperidine rings is 1. The molecule has 19 heavy (non-hydrogen) atoms. The highest BCUT2D eigenvalue weighted by Gasteiger charge is 2.31. The van der Waals surface area contributed by atoms with E-state index in [1.807, 2.05) is 12.5 Å². The molecule has 0 bridgehead atoms. The summed E-state index contributed by atoms with van der Waals surface area (Å²) in [5.41, 5.74) is 7.75. The van der Waals surface area contributed by atoms with Crippen LogP contribution >= 0.6 is 0 Å². The molecule has 1 aromatic rings. The summed E-state index contributed by atoms with van der Waals surface area (Å²) in [6, 6.07) is 0.314. The molecule has 2 rings (SSSR count). The number of rotatable bonds is 5. The molecule has 1 aromatic heterocycles. The van der Waals surface area contributed by atoms with Gasteiger partial charge in [-0.15, -0.1) is 0 Å². The van der Waals surface area contributed by atoms with Crippen LogP contribution in [-0.4, -0.2) is 34.1 Å². The van der Waals surface area contributed by atoms with Crippen molar-refractivity contribution in [2.75, 3.05) is 19.6 Å². The van der Waals surface area contributed by atoms with E-state index in [2.05, 4.69) is 35.2 Å². The summed E-state index contributed by atoms with van der Waals surface area (Å²) >= 11 is 0. The number of aryl methyl sites for hydroxylation is 1. The quantitative estimate of drug-likeness (QED) is 0.888. The van der Waals surface area contributed by atoms with Crippen LogP contribution in [0.25, 0.3) is 0 Å². The summed E-state index contributed by atoms with van der Waals surface area (Å²) in [7, 11) is 0. The Morgan fingerprint density at radius 2 is 2.26 bits per heavy atom. The monoisotopic (exact) mass is 264 g/mol. The van der Waals surface area contributed by atoms with Crippen molar-refractivity contribution in [1.82, 2.24) is 14.5 Å². The Morgan fingerprint density at radius 3 is 2.89 bits per heavy atom. The zero-order valence-corrected chi connectivity index (χ0v) is 12.6. The fourth-order valence-electron chi connectivity index (χ4n) is 3.23. The van der Waals surface area contributed by atoms with Crippen molar-refractivity contribution in [1.29, 1.82) is 0 Å². The predicted molar refractivity (Wildman–Crippen MR) is 78.9 cm³/mol. The van der Waals surface area contributed by atoms with E-state index in [9.17, 15) is 0 Å². The van der Waals surface area contributed by atoms with Crippen LogP contribution in [0.3, 0.4) is 0 Å². The molecule has 4 heteroatoms. The lowest BCUT2D eigenvalue weighted by atomic mass is 9.83. The summed E-state index contributed by atoms with van der Waals surface area (Å²) in [6.45, 7) is 10.9. The van der Waals surface area contributed by atoms with Crippen molar-refractivity contribution in [3.8, 4) is 0 Å². The van der Waals surface area contributed by atoms with Crippen LogP contribution in [0.1, 0.15) is 51.8 Å². The second-order valence-corrected chi connectivity index (χ2v) is 6.50. The molecule has 0 radical (unpaired) electrons. The van der Waals surface area contributed by atoms with Gasteiger partial charge < -0.3 is 10.3 Å². The van der Waals surface area contributed by atoms with Crippen molar-refractivity contribution in [3.05, 3.63) is 18.2 Å². The van der Waals surface area contributed by atoms with Crippen molar-refractivity contribution in [3.63, 3.8) is 0 Å². The van der Waals surface area contributed by atoms with Crippen LogP contribution in [0.4, 0.5) is 0 Å². The molecule has 108 valence electrons. The Labute approximate surface area is 117 Å². The Morgan fingerprint density at radius 1 is 1.47 bits per heavy atom. The van der Waals surface area contributed by atoms with E-state index < -0.39 is 0 Å². The number of imidazole rings is 1. The molecule has 1 atom stereocenters. The lowest BCUT2D eigenvalue weighted by Gasteiger charge is -2.42. The number of nitrogens with zero attached hydrogens (tertiary/aromatic N) is 3. The fraction of sp³-hybridized carbons (Fsp3) is 0.800. The molecule has 0 amide bonds. The third-order valence-electron chi connectivity index (χ3n) is 4.14. The Balaban J connectivity index is 2.17. The second kappa shape index (κ2) is 6.06. The number of hydrogen-bond donors (Lipinski definition) is 1. The Bertz CT molecular complexity index is 397. The predicted octanol–water partition coefficient (Wildman–Crippen LogP) is 2.41. The van der Waals surface area contributed by atoms with E-state index in [4.69, 9.17) is 5.73 Å². The molecule has 1 fully saturated rings. The summed E-state index contributed by atoms with van der Waals surface area (Å²) in [6.07, 6.45) is 7.65. The smallest absolute Gasteiger partial charge is 0.0948 e. The summed E-state index contributed by atoms with van der Waals surface area (Å²) in [5, 5.41) is 0. The van der Waals surface area contributed by atoms with Gasteiger partial charge in [0.25, 0.3) is 0 Å². The average molecular weight is 264 g/mol. The molecule has 0 saturated carbocycles. The van der Waals surface area contributed by atoms with Crippen molar-refractivity contribution in [2.24, 2.45) is 11.1 Å². The minimum atomic E-state index is 0.314. The van der Waals surface area contributed by atoms with Crippen LogP contribution in [0.15, 0.2) is 12.5 Å². The zero-order valence-electron chi connectivity index (χ0n) is 12.6. The van der Waals surface area contributed by atoms with Crippen LogP contribution in [0.2, 0.25) is 0 Å². The minimum Gasteiger partial charge on any atom is -0.333 e. The average Bonchev–Trinajstić information content (AvgIpc) is 2.78. The van der Waals surface area contributed by atoms with Crippen molar-refractivity contribution < 1.29 is 0 Å². The van der Waals surface area contributed by atoms with Gasteiger partial charge in [-0.1, -0.05) is 20.8 Å². The maximum Gasteiger partial charge on any atom is 0.0948 e. The van der Waals surface area contributed by atoms with Gasteiger partial charge in [-0.2, -0.15) is 0 Å². The number of hydrogen-bond acceptors (Lipinski definition) is 3. The van der Waals surface area contributed by atoms with Crippen LogP contribution in [0, 0.1) is 5.41 Å². The third kappa shape index (κ3) is 3.37. The van der Waals surface area contributed by atoms with Gasteiger partial charge in [-0.25, -0.2) is 4.98 Å². The summed E-state index contributed by atoms with van der Waals surface area (Å²) in [5.74, 6) is 0. The first-order chi connectivity index (χ1) is 9.07. The van der Waals surface area contributed by atoms with E-state index in [0.29, 0.717) is 18.0 Å². The number of nitrogens with two attached hydrogens (primary N) is 1. The molecule has 2 heterocycles. The molecule has 0 aromatic carbocycles. The normalized spacial score (nSPS) is 21.5. The molecule has 0 aliphatic carbocycles. The highest BCUT2D eigenvalue weighted by Crippen LogP contribution is 2.33. The van der Waals surface area contributed by atoms with Crippen molar-refractivity contribution in [2.45, 2.75) is 52.6 Å². The Hall–Kier alpha value is -0.870. The number of likely N-dealkylation sites (tertiary alicyclic amines) is 1. The lowest BCUT2D eigenvalue weighted by Crippen LogP contribution is -2.44. The maximum atomic E-state index is 6.07. The zero-order chi connectivity index (χ0) is 13.9. The molecule has 1 aliphatic heterocycles. The maximum absolute atomic E-state index is 6.07. The van der Waals surface area contributed by atoms with Gasteiger partial charge in [-0.05, 0) is 31.2 Å².